The van der Waals surface area contributed by atoms with Gasteiger partial charge < -0.3 is 20.7 Å². The van der Waals surface area contributed by atoms with Crippen LogP contribution < -0.4 is 16.0 Å². The minimum absolute atomic E-state index is 0.00983. The molecular weight excluding hydrogens is 413 g/mol. The number of halogens is 3. The van der Waals surface area contributed by atoms with Crippen molar-refractivity contribution >= 4 is 23.4 Å². The number of aromatic nitrogens is 5. The molecule has 162 valence electrons. The molecule has 4 rings (SSSR count). The van der Waals surface area contributed by atoms with Crippen LogP contribution in [0.4, 0.5) is 36.6 Å². The van der Waals surface area contributed by atoms with E-state index in [1.807, 2.05) is 11.8 Å². The lowest BCUT2D eigenvalue weighted by Gasteiger charge is -2.30. The van der Waals surface area contributed by atoms with Gasteiger partial charge in [-0.1, -0.05) is 0 Å². The first-order valence-corrected chi connectivity index (χ1v) is 9.40. The van der Waals surface area contributed by atoms with E-state index in [-0.39, 0.29) is 17.6 Å². The second-order valence-electron chi connectivity index (χ2n) is 6.82. The normalized spacial score (nSPS) is 14.5. The zero-order valence-electron chi connectivity index (χ0n) is 16.5. The number of hydrogen-bond acceptors (Lipinski definition) is 9. The number of hydrogen-bond donors (Lipinski definition) is 2. The summed E-state index contributed by atoms with van der Waals surface area (Å²) in [5.41, 5.74) is 6.27. The van der Waals surface area contributed by atoms with Crippen molar-refractivity contribution < 1.29 is 17.9 Å². The largest absolute Gasteiger partial charge is 0.419 e. The Labute approximate surface area is 175 Å². The minimum atomic E-state index is -4.58. The van der Waals surface area contributed by atoms with Gasteiger partial charge in [-0.05, 0) is 13.0 Å². The highest BCUT2D eigenvalue weighted by atomic mass is 19.4. The number of ether oxygens (including phenoxy) is 1. The van der Waals surface area contributed by atoms with Crippen molar-refractivity contribution in [3.05, 3.63) is 42.0 Å². The van der Waals surface area contributed by atoms with Crippen LogP contribution in [0.3, 0.4) is 0 Å². The molecule has 3 N–H and O–H groups in total. The average Bonchev–Trinajstić information content (AvgIpc) is 2.76. The molecule has 3 aromatic rings. The third-order valence-electron chi connectivity index (χ3n) is 4.75. The van der Waals surface area contributed by atoms with E-state index < -0.39 is 11.7 Å². The lowest BCUT2D eigenvalue weighted by molar-refractivity contribution is -0.137. The van der Waals surface area contributed by atoms with Gasteiger partial charge in [-0.3, -0.25) is 4.98 Å². The Morgan fingerprint density at radius 3 is 2.48 bits per heavy atom. The molecule has 0 spiro atoms. The molecule has 31 heavy (non-hydrogen) atoms. The van der Waals surface area contributed by atoms with Crippen molar-refractivity contribution in [2.45, 2.75) is 13.1 Å². The maximum Gasteiger partial charge on any atom is 0.419 e. The Bertz CT molecular complexity index is 1070. The summed E-state index contributed by atoms with van der Waals surface area (Å²) >= 11 is 0. The fourth-order valence-corrected chi connectivity index (χ4v) is 3.23. The molecule has 0 radical (unpaired) electrons. The van der Waals surface area contributed by atoms with Crippen LogP contribution in [-0.2, 0) is 10.9 Å². The SMILES string of the molecule is Cc1c(-c2cnc(N)nc2)nc(Nc2ccncc2C(F)(F)F)nc1N1CCOCC1. The van der Waals surface area contributed by atoms with Crippen molar-refractivity contribution in [1.82, 2.24) is 24.9 Å². The highest BCUT2D eigenvalue weighted by molar-refractivity contribution is 5.71. The van der Waals surface area contributed by atoms with Gasteiger partial charge in [-0.15, -0.1) is 0 Å². The number of pyridine rings is 1. The Hall–Kier alpha value is -3.54. The Morgan fingerprint density at radius 2 is 1.81 bits per heavy atom. The molecule has 0 aromatic carbocycles. The smallest absolute Gasteiger partial charge is 0.378 e. The van der Waals surface area contributed by atoms with E-state index in [9.17, 15) is 13.2 Å². The zero-order valence-corrected chi connectivity index (χ0v) is 16.5. The quantitative estimate of drug-likeness (QED) is 0.642. The van der Waals surface area contributed by atoms with Crippen LogP contribution in [-0.4, -0.2) is 51.2 Å². The fraction of sp³-hybridized carbons (Fsp3) is 0.316. The van der Waals surface area contributed by atoms with Gasteiger partial charge in [0.15, 0.2) is 0 Å². The second-order valence-corrected chi connectivity index (χ2v) is 6.82. The van der Waals surface area contributed by atoms with Crippen molar-refractivity contribution in [3.8, 4) is 11.3 Å². The Kier molecular flexibility index (Phi) is 5.55. The molecule has 12 heteroatoms. The summed E-state index contributed by atoms with van der Waals surface area (Å²) < 4.78 is 45.6. The Balaban J connectivity index is 1.81. The van der Waals surface area contributed by atoms with Crippen LogP contribution in [0.15, 0.2) is 30.9 Å². The Morgan fingerprint density at radius 1 is 1.10 bits per heavy atom. The van der Waals surface area contributed by atoms with Crippen molar-refractivity contribution in [2.24, 2.45) is 0 Å². The second kappa shape index (κ2) is 8.30. The van der Waals surface area contributed by atoms with E-state index in [4.69, 9.17) is 10.5 Å². The lowest BCUT2D eigenvalue weighted by atomic mass is 10.1. The van der Waals surface area contributed by atoms with E-state index in [0.29, 0.717) is 43.4 Å². The summed E-state index contributed by atoms with van der Waals surface area (Å²) in [6.07, 6.45) is 0.468. The van der Waals surface area contributed by atoms with Crippen molar-refractivity contribution in [2.75, 3.05) is 42.3 Å². The number of nitrogens with zero attached hydrogens (tertiary/aromatic N) is 6. The van der Waals surface area contributed by atoms with E-state index in [2.05, 4.69) is 30.2 Å². The van der Waals surface area contributed by atoms with E-state index in [1.54, 1.807) is 0 Å². The summed E-state index contributed by atoms with van der Waals surface area (Å²) in [6, 6.07) is 1.23. The van der Waals surface area contributed by atoms with Crippen LogP contribution in [0.2, 0.25) is 0 Å². The first-order valence-electron chi connectivity index (χ1n) is 9.40. The number of anilines is 4. The number of nitrogens with two attached hydrogens (primary N) is 1. The zero-order chi connectivity index (χ0) is 22.0. The molecule has 1 aliphatic rings. The van der Waals surface area contributed by atoms with Gasteiger partial charge in [0.05, 0.1) is 30.2 Å². The molecule has 3 aromatic heterocycles. The molecule has 0 saturated carbocycles. The molecule has 0 aliphatic carbocycles. The first-order chi connectivity index (χ1) is 14.8. The third-order valence-corrected chi connectivity index (χ3v) is 4.75. The van der Waals surface area contributed by atoms with Crippen LogP contribution in [0.25, 0.3) is 11.3 Å². The summed E-state index contributed by atoms with van der Waals surface area (Å²) in [5, 5.41) is 2.70. The van der Waals surface area contributed by atoms with Crippen LogP contribution in [0.5, 0.6) is 0 Å². The molecule has 0 unspecified atom stereocenters. The minimum Gasteiger partial charge on any atom is -0.378 e. The van der Waals surface area contributed by atoms with Gasteiger partial charge in [0, 0.05) is 49.0 Å². The van der Waals surface area contributed by atoms with Gasteiger partial charge in [-0.2, -0.15) is 18.2 Å². The van der Waals surface area contributed by atoms with Gasteiger partial charge in [0.25, 0.3) is 0 Å². The molecule has 0 atom stereocenters. The molecule has 0 bridgehead atoms. The maximum absolute atomic E-state index is 13.4. The molecule has 4 heterocycles. The van der Waals surface area contributed by atoms with Gasteiger partial charge >= 0.3 is 6.18 Å². The van der Waals surface area contributed by atoms with Crippen LogP contribution >= 0.6 is 0 Å². The molecule has 9 nitrogen and oxygen atoms in total. The van der Waals surface area contributed by atoms with E-state index >= 15 is 0 Å². The number of nitrogens with one attached hydrogen (secondary N) is 1. The van der Waals surface area contributed by atoms with Crippen molar-refractivity contribution in [1.29, 1.82) is 0 Å². The summed E-state index contributed by atoms with van der Waals surface area (Å²) in [4.78, 5) is 22.5. The third kappa shape index (κ3) is 4.48. The maximum atomic E-state index is 13.4. The molecular formula is C19H19F3N8O. The lowest BCUT2D eigenvalue weighted by Crippen LogP contribution is -2.37. The fourth-order valence-electron chi connectivity index (χ4n) is 3.23. The van der Waals surface area contributed by atoms with Crippen molar-refractivity contribution in [3.63, 3.8) is 0 Å². The topological polar surface area (TPSA) is 115 Å². The molecule has 0 amide bonds. The summed E-state index contributed by atoms with van der Waals surface area (Å²) in [6.45, 7) is 4.08. The van der Waals surface area contributed by atoms with Gasteiger partial charge in [-0.25, -0.2) is 15.0 Å². The van der Waals surface area contributed by atoms with E-state index in [1.165, 1.54) is 24.7 Å². The predicted molar refractivity (Wildman–Crippen MR) is 108 cm³/mol. The molecule has 1 fully saturated rings. The summed E-state index contributed by atoms with van der Waals surface area (Å²) in [7, 11) is 0. The number of morpholine rings is 1. The standard InChI is InChI=1S/C19H19F3N8O/c1-11-15(12-8-25-17(23)26-9-12)28-18(29-16(11)30-4-6-31-7-5-30)27-14-2-3-24-10-13(14)19(20,21)22/h2-3,8-10H,4-7H2,1H3,(H2,23,25,26)(H,24,27,28,29). The highest BCUT2D eigenvalue weighted by Gasteiger charge is 2.34. The molecule has 1 saturated heterocycles. The number of rotatable bonds is 4. The van der Waals surface area contributed by atoms with Gasteiger partial charge in [0.1, 0.15) is 5.82 Å². The average molecular weight is 432 g/mol. The monoisotopic (exact) mass is 432 g/mol. The first kappa shape index (κ1) is 20.7. The van der Waals surface area contributed by atoms with Crippen LogP contribution in [0.1, 0.15) is 11.1 Å². The predicted octanol–water partition coefficient (Wildman–Crippen LogP) is 2.82. The van der Waals surface area contributed by atoms with Gasteiger partial charge in [0.2, 0.25) is 11.9 Å². The van der Waals surface area contributed by atoms with E-state index in [0.717, 1.165) is 11.8 Å². The number of alkyl halides is 3. The van der Waals surface area contributed by atoms with Crippen LogP contribution in [0, 0.1) is 6.92 Å². The number of nitrogen functional groups attached to an aromatic ring is 1. The molecule has 1 aliphatic heterocycles. The highest BCUT2D eigenvalue weighted by Crippen LogP contribution is 2.36. The summed E-state index contributed by atoms with van der Waals surface area (Å²) in [5.74, 6) is 0.708.